The van der Waals surface area contributed by atoms with Gasteiger partial charge in [0.1, 0.15) is 12.2 Å². The molecule has 1 atom stereocenters. The summed E-state index contributed by atoms with van der Waals surface area (Å²) in [5, 5.41) is 4.11. The van der Waals surface area contributed by atoms with Crippen molar-refractivity contribution in [1.29, 1.82) is 0 Å². The van der Waals surface area contributed by atoms with Crippen LogP contribution in [0.4, 0.5) is 0 Å². The third kappa shape index (κ3) is 3.58. The van der Waals surface area contributed by atoms with Gasteiger partial charge in [-0.15, -0.1) is 0 Å². The lowest BCUT2D eigenvalue weighted by atomic mass is 10.1. The third-order valence-corrected chi connectivity index (χ3v) is 2.33. The Hall–Kier alpha value is -0.980. The van der Waals surface area contributed by atoms with Gasteiger partial charge in [0.25, 0.3) is 0 Å². The zero-order valence-electron chi connectivity index (χ0n) is 9.31. The van der Waals surface area contributed by atoms with Gasteiger partial charge in [0, 0.05) is 32.7 Å². The first-order valence-corrected chi connectivity index (χ1v) is 5.13. The molecule has 0 fully saturated rings. The highest BCUT2D eigenvalue weighted by molar-refractivity contribution is 4.89. The van der Waals surface area contributed by atoms with E-state index in [0.29, 0.717) is 6.61 Å². The van der Waals surface area contributed by atoms with Crippen LogP contribution in [0.5, 0.6) is 0 Å². The minimum atomic E-state index is 0.180. The minimum absolute atomic E-state index is 0.180. The van der Waals surface area contributed by atoms with Gasteiger partial charge < -0.3 is 4.74 Å². The number of aromatic nitrogens is 3. The highest BCUT2D eigenvalue weighted by Crippen LogP contribution is 2.02. The molecule has 1 heterocycles. The molecular formula is C9H19N5O. The maximum atomic E-state index is 5.46. The lowest BCUT2D eigenvalue weighted by Crippen LogP contribution is -2.38. The van der Waals surface area contributed by atoms with Crippen LogP contribution in [0.1, 0.15) is 19.2 Å². The van der Waals surface area contributed by atoms with E-state index in [4.69, 9.17) is 10.6 Å². The van der Waals surface area contributed by atoms with Gasteiger partial charge in [-0.1, -0.05) is 0 Å². The number of hydrogen-bond acceptors (Lipinski definition) is 5. The fourth-order valence-corrected chi connectivity index (χ4v) is 1.44. The number of ether oxygens (including phenoxy) is 1. The van der Waals surface area contributed by atoms with Crippen LogP contribution in [0.3, 0.4) is 0 Å². The van der Waals surface area contributed by atoms with E-state index in [1.165, 1.54) is 0 Å². The summed E-state index contributed by atoms with van der Waals surface area (Å²) in [5.41, 5.74) is 2.77. The van der Waals surface area contributed by atoms with Gasteiger partial charge in [-0.25, -0.2) is 4.98 Å². The van der Waals surface area contributed by atoms with E-state index < -0.39 is 0 Å². The Kier molecular flexibility index (Phi) is 5.23. The molecule has 1 aromatic rings. The van der Waals surface area contributed by atoms with Gasteiger partial charge >= 0.3 is 0 Å². The van der Waals surface area contributed by atoms with Gasteiger partial charge in [0.05, 0.1) is 0 Å². The smallest absolute Gasteiger partial charge is 0.138 e. The summed E-state index contributed by atoms with van der Waals surface area (Å²) in [4.78, 5) is 4.20. The van der Waals surface area contributed by atoms with Crippen molar-refractivity contribution in [3.05, 3.63) is 12.2 Å². The number of aryl methyl sites for hydroxylation is 1. The Morgan fingerprint density at radius 3 is 3.07 bits per heavy atom. The third-order valence-electron chi connectivity index (χ3n) is 2.33. The number of hydrazine groups is 1. The fourth-order valence-electron chi connectivity index (χ4n) is 1.44. The highest BCUT2D eigenvalue weighted by atomic mass is 16.5. The van der Waals surface area contributed by atoms with Crippen LogP contribution in [-0.2, 0) is 17.7 Å². The first-order chi connectivity index (χ1) is 7.31. The van der Waals surface area contributed by atoms with E-state index >= 15 is 0 Å². The quantitative estimate of drug-likeness (QED) is 0.480. The number of methoxy groups -OCH3 is 1. The van der Waals surface area contributed by atoms with Gasteiger partial charge in [0.2, 0.25) is 0 Å². The van der Waals surface area contributed by atoms with Crippen LogP contribution in [0, 0.1) is 0 Å². The molecule has 86 valence electrons. The maximum absolute atomic E-state index is 5.46. The van der Waals surface area contributed by atoms with Gasteiger partial charge in [0.15, 0.2) is 0 Å². The largest absolute Gasteiger partial charge is 0.385 e. The molecule has 1 unspecified atom stereocenters. The maximum Gasteiger partial charge on any atom is 0.138 e. The van der Waals surface area contributed by atoms with Crippen molar-refractivity contribution in [1.82, 2.24) is 20.2 Å². The van der Waals surface area contributed by atoms with Crippen molar-refractivity contribution in [2.45, 2.75) is 32.4 Å². The average Bonchev–Trinajstić information content (AvgIpc) is 2.71. The monoisotopic (exact) mass is 213 g/mol. The van der Waals surface area contributed by atoms with Crippen molar-refractivity contribution in [3.8, 4) is 0 Å². The number of nitrogens with two attached hydrogens (primary N) is 1. The lowest BCUT2D eigenvalue weighted by molar-refractivity contribution is 0.182. The molecule has 0 aliphatic heterocycles. The molecular weight excluding hydrogens is 194 g/mol. The number of hydrogen-bond donors (Lipinski definition) is 2. The van der Waals surface area contributed by atoms with E-state index in [2.05, 4.69) is 15.5 Å². The zero-order chi connectivity index (χ0) is 11.1. The molecule has 0 radical (unpaired) electrons. The summed E-state index contributed by atoms with van der Waals surface area (Å²) in [6, 6.07) is 0.180. The SMILES string of the molecule is CCn1ncnc1CC(CCOC)NN. The second-order valence-corrected chi connectivity index (χ2v) is 3.34. The number of rotatable bonds is 7. The summed E-state index contributed by atoms with van der Waals surface area (Å²) >= 11 is 0. The standard InChI is InChI=1S/C9H19N5O/c1-3-14-9(11-7-12-14)6-8(13-10)4-5-15-2/h7-8,13H,3-6,10H2,1-2H3. The van der Waals surface area contributed by atoms with Crippen molar-refractivity contribution < 1.29 is 4.74 Å². The molecule has 0 bridgehead atoms. The summed E-state index contributed by atoms with van der Waals surface area (Å²) in [6.07, 6.45) is 3.21. The van der Waals surface area contributed by atoms with Gasteiger partial charge in [-0.2, -0.15) is 5.10 Å². The molecule has 6 heteroatoms. The van der Waals surface area contributed by atoms with E-state index in [-0.39, 0.29) is 6.04 Å². The molecule has 1 rings (SSSR count). The number of nitrogens with one attached hydrogen (secondary N) is 1. The molecule has 0 saturated heterocycles. The summed E-state index contributed by atoms with van der Waals surface area (Å²) in [6.45, 7) is 3.56. The van der Waals surface area contributed by atoms with Crippen LogP contribution in [0.25, 0.3) is 0 Å². The molecule has 0 spiro atoms. The molecule has 15 heavy (non-hydrogen) atoms. The molecule has 0 amide bonds. The second kappa shape index (κ2) is 6.49. The summed E-state index contributed by atoms with van der Waals surface area (Å²) in [7, 11) is 1.68. The predicted octanol–water partition coefficient (Wildman–Crippen LogP) is -0.291. The van der Waals surface area contributed by atoms with Crippen LogP contribution < -0.4 is 11.3 Å². The highest BCUT2D eigenvalue weighted by Gasteiger charge is 2.11. The molecule has 0 saturated carbocycles. The first kappa shape index (κ1) is 12.1. The van der Waals surface area contributed by atoms with Crippen molar-refractivity contribution >= 4 is 0 Å². The van der Waals surface area contributed by atoms with Crippen LogP contribution in [-0.4, -0.2) is 34.5 Å². The second-order valence-electron chi connectivity index (χ2n) is 3.34. The molecule has 1 aromatic heterocycles. The topological polar surface area (TPSA) is 78.0 Å². The Morgan fingerprint density at radius 1 is 1.67 bits per heavy atom. The Labute approximate surface area is 89.8 Å². The molecule has 0 aliphatic carbocycles. The average molecular weight is 213 g/mol. The Bertz CT molecular complexity index is 275. The first-order valence-electron chi connectivity index (χ1n) is 5.13. The number of nitrogens with zero attached hydrogens (tertiary/aromatic N) is 3. The van der Waals surface area contributed by atoms with E-state index in [9.17, 15) is 0 Å². The lowest BCUT2D eigenvalue weighted by Gasteiger charge is -2.14. The fraction of sp³-hybridized carbons (Fsp3) is 0.778. The zero-order valence-corrected chi connectivity index (χ0v) is 9.31. The molecule has 3 N–H and O–H groups in total. The van der Waals surface area contributed by atoms with Crippen molar-refractivity contribution in [2.75, 3.05) is 13.7 Å². The summed E-state index contributed by atoms with van der Waals surface area (Å²) < 4.78 is 6.88. The van der Waals surface area contributed by atoms with E-state index in [1.807, 2.05) is 11.6 Å². The van der Waals surface area contributed by atoms with Crippen LogP contribution in [0.15, 0.2) is 6.33 Å². The minimum Gasteiger partial charge on any atom is -0.385 e. The molecule has 0 aliphatic rings. The molecule has 0 aromatic carbocycles. The Morgan fingerprint density at radius 2 is 2.47 bits per heavy atom. The van der Waals surface area contributed by atoms with Crippen LogP contribution in [0.2, 0.25) is 0 Å². The van der Waals surface area contributed by atoms with Gasteiger partial charge in [-0.3, -0.25) is 16.0 Å². The van der Waals surface area contributed by atoms with Gasteiger partial charge in [-0.05, 0) is 13.3 Å². The van der Waals surface area contributed by atoms with E-state index in [1.54, 1.807) is 13.4 Å². The van der Waals surface area contributed by atoms with Crippen molar-refractivity contribution in [2.24, 2.45) is 5.84 Å². The normalized spacial score (nSPS) is 13.0. The Balaban J connectivity index is 2.50. The van der Waals surface area contributed by atoms with Crippen molar-refractivity contribution in [3.63, 3.8) is 0 Å². The van der Waals surface area contributed by atoms with Crippen LogP contribution >= 0.6 is 0 Å². The van der Waals surface area contributed by atoms with E-state index in [0.717, 1.165) is 25.2 Å². The predicted molar refractivity (Wildman–Crippen MR) is 57.0 cm³/mol. The summed E-state index contributed by atoms with van der Waals surface area (Å²) in [5.74, 6) is 6.41. The molecule has 6 nitrogen and oxygen atoms in total.